The summed E-state index contributed by atoms with van der Waals surface area (Å²) < 4.78 is 5.42. The van der Waals surface area contributed by atoms with Crippen molar-refractivity contribution in [2.45, 2.75) is 38.8 Å². The van der Waals surface area contributed by atoms with Gasteiger partial charge in [-0.05, 0) is 31.7 Å². The van der Waals surface area contributed by atoms with Crippen LogP contribution in [0.3, 0.4) is 0 Å². The molecule has 5 heteroatoms. The third-order valence-electron chi connectivity index (χ3n) is 3.65. The van der Waals surface area contributed by atoms with Crippen LogP contribution in [-0.4, -0.2) is 24.2 Å². The second-order valence-corrected chi connectivity index (χ2v) is 4.94. The molecule has 1 aliphatic rings. The van der Waals surface area contributed by atoms with Gasteiger partial charge in [0.2, 0.25) is 0 Å². The summed E-state index contributed by atoms with van der Waals surface area (Å²) in [6.07, 6.45) is 3.19. The Morgan fingerprint density at radius 1 is 1.42 bits per heavy atom. The van der Waals surface area contributed by atoms with Crippen molar-refractivity contribution in [2.24, 2.45) is 0 Å². The Balaban J connectivity index is 1.99. The second-order valence-electron chi connectivity index (χ2n) is 4.94. The summed E-state index contributed by atoms with van der Waals surface area (Å²) in [4.78, 5) is 10.6. The number of nitrogens with zero attached hydrogens (tertiary/aromatic N) is 1. The van der Waals surface area contributed by atoms with Gasteiger partial charge in [-0.15, -0.1) is 0 Å². The van der Waals surface area contributed by atoms with Crippen molar-refractivity contribution in [2.75, 3.05) is 13.2 Å². The van der Waals surface area contributed by atoms with E-state index in [1.807, 2.05) is 13.0 Å². The van der Waals surface area contributed by atoms with Crippen LogP contribution >= 0.6 is 0 Å². The molecule has 0 bridgehead atoms. The Hall–Kier alpha value is -1.46. The Morgan fingerprint density at radius 2 is 2.26 bits per heavy atom. The maximum atomic E-state index is 10.9. The minimum Gasteiger partial charge on any atom is -0.381 e. The fourth-order valence-corrected chi connectivity index (χ4v) is 2.42. The molecule has 1 heterocycles. The molecule has 1 aromatic carbocycles. The topological polar surface area (TPSA) is 64.4 Å². The molecule has 1 unspecified atom stereocenters. The Labute approximate surface area is 113 Å². The molecule has 0 aliphatic carbocycles. The third-order valence-corrected chi connectivity index (χ3v) is 3.65. The molecule has 1 saturated heterocycles. The smallest absolute Gasteiger partial charge is 0.272 e. The predicted octanol–water partition coefficient (Wildman–Crippen LogP) is 2.56. The van der Waals surface area contributed by atoms with Gasteiger partial charge in [-0.25, -0.2) is 0 Å². The van der Waals surface area contributed by atoms with Crippen molar-refractivity contribution >= 4 is 5.69 Å². The maximum absolute atomic E-state index is 10.9. The summed E-state index contributed by atoms with van der Waals surface area (Å²) >= 11 is 0. The molecule has 1 aromatic rings. The second kappa shape index (κ2) is 6.63. The molecule has 1 N–H and O–H groups in total. The van der Waals surface area contributed by atoms with Gasteiger partial charge in [0.15, 0.2) is 0 Å². The predicted molar refractivity (Wildman–Crippen MR) is 73.1 cm³/mol. The standard InChI is InChI=1S/C14H20N2O3/c1-11-12(4-2-6-14(11)16(17)18)10-15-13-5-3-8-19-9-7-13/h2,4,6,13,15H,3,5,7-10H2,1H3. The van der Waals surface area contributed by atoms with Crippen molar-refractivity contribution in [1.82, 2.24) is 5.32 Å². The van der Waals surface area contributed by atoms with Gasteiger partial charge in [-0.2, -0.15) is 0 Å². The molecule has 5 nitrogen and oxygen atoms in total. The van der Waals surface area contributed by atoms with Crippen molar-refractivity contribution < 1.29 is 9.66 Å². The number of rotatable bonds is 4. The zero-order chi connectivity index (χ0) is 13.7. The van der Waals surface area contributed by atoms with Crippen molar-refractivity contribution in [3.05, 3.63) is 39.4 Å². The van der Waals surface area contributed by atoms with E-state index in [-0.39, 0.29) is 10.6 Å². The van der Waals surface area contributed by atoms with Gasteiger partial charge < -0.3 is 10.1 Å². The van der Waals surface area contributed by atoms with E-state index in [9.17, 15) is 10.1 Å². The molecule has 0 spiro atoms. The first-order chi connectivity index (χ1) is 9.18. The zero-order valence-corrected chi connectivity index (χ0v) is 11.2. The van der Waals surface area contributed by atoms with Gasteiger partial charge in [-0.1, -0.05) is 12.1 Å². The molecule has 1 atom stereocenters. The van der Waals surface area contributed by atoms with Gasteiger partial charge in [0.1, 0.15) is 0 Å². The lowest BCUT2D eigenvalue weighted by Crippen LogP contribution is -2.29. The van der Waals surface area contributed by atoms with Crippen LogP contribution in [0, 0.1) is 17.0 Å². The first-order valence-corrected chi connectivity index (χ1v) is 6.72. The average molecular weight is 264 g/mol. The number of nitrogens with one attached hydrogen (secondary N) is 1. The van der Waals surface area contributed by atoms with E-state index < -0.39 is 0 Å². The van der Waals surface area contributed by atoms with Crippen LogP contribution < -0.4 is 5.32 Å². The molecular formula is C14H20N2O3. The normalized spacial score (nSPS) is 19.9. The van der Waals surface area contributed by atoms with Crippen LogP contribution in [0.4, 0.5) is 5.69 Å². The number of ether oxygens (including phenoxy) is 1. The highest BCUT2D eigenvalue weighted by Crippen LogP contribution is 2.21. The first kappa shape index (κ1) is 14.0. The fraction of sp³-hybridized carbons (Fsp3) is 0.571. The third kappa shape index (κ3) is 3.75. The number of hydrogen-bond donors (Lipinski definition) is 1. The average Bonchev–Trinajstić information content (AvgIpc) is 2.66. The zero-order valence-electron chi connectivity index (χ0n) is 11.2. The summed E-state index contributed by atoms with van der Waals surface area (Å²) in [5.74, 6) is 0. The maximum Gasteiger partial charge on any atom is 0.272 e. The SMILES string of the molecule is Cc1c(CNC2CCCOCC2)cccc1[N+](=O)[O-]. The van der Waals surface area contributed by atoms with Crippen LogP contribution in [-0.2, 0) is 11.3 Å². The van der Waals surface area contributed by atoms with E-state index in [1.165, 1.54) is 0 Å². The van der Waals surface area contributed by atoms with E-state index >= 15 is 0 Å². The van der Waals surface area contributed by atoms with Gasteiger partial charge in [0.05, 0.1) is 4.92 Å². The first-order valence-electron chi connectivity index (χ1n) is 6.72. The van der Waals surface area contributed by atoms with Gasteiger partial charge in [0.25, 0.3) is 5.69 Å². The molecule has 19 heavy (non-hydrogen) atoms. The summed E-state index contributed by atoms with van der Waals surface area (Å²) in [5.41, 5.74) is 1.95. The molecule has 1 fully saturated rings. The molecule has 2 rings (SSSR count). The summed E-state index contributed by atoms with van der Waals surface area (Å²) in [7, 11) is 0. The Kier molecular flexibility index (Phi) is 4.87. The molecule has 0 amide bonds. The number of nitro groups is 1. The minimum atomic E-state index is -0.321. The highest BCUT2D eigenvalue weighted by molar-refractivity contribution is 5.44. The highest BCUT2D eigenvalue weighted by atomic mass is 16.6. The number of nitro benzene ring substituents is 1. The molecule has 0 aromatic heterocycles. The largest absolute Gasteiger partial charge is 0.381 e. The summed E-state index contributed by atoms with van der Waals surface area (Å²) in [5, 5.41) is 14.4. The van der Waals surface area contributed by atoms with Crippen LogP contribution in [0.1, 0.15) is 30.4 Å². The van der Waals surface area contributed by atoms with Crippen LogP contribution in [0.15, 0.2) is 18.2 Å². The van der Waals surface area contributed by atoms with Crippen molar-refractivity contribution in [3.8, 4) is 0 Å². The lowest BCUT2D eigenvalue weighted by atomic mass is 10.1. The molecular weight excluding hydrogens is 244 g/mol. The van der Waals surface area contributed by atoms with Crippen LogP contribution in [0.25, 0.3) is 0 Å². The van der Waals surface area contributed by atoms with E-state index in [2.05, 4.69) is 5.32 Å². The van der Waals surface area contributed by atoms with E-state index in [0.717, 1.165) is 43.6 Å². The van der Waals surface area contributed by atoms with Crippen molar-refractivity contribution in [1.29, 1.82) is 0 Å². The lowest BCUT2D eigenvalue weighted by molar-refractivity contribution is -0.385. The van der Waals surface area contributed by atoms with Gasteiger partial charge in [0, 0.05) is 37.4 Å². The van der Waals surface area contributed by atoms with Crippen molar-refractivity contribution in [3.63, 3.8) is 0 Å². The van der Waals surface area contributed by atoms with Gasteiger partial charge in [-0.3, -0.25) is 10.1 Å². The minimum absolute atomic E-state index is 0.198. The quantitative estimate of drug-likeness (QED) is 0.670. The summed E-state index contributed by atoms with van der Waals surface area (Å²) in [6, 6.07) is 5.69. The van der Waals surface area contributed by atoms with E-state index in [0.29, 0.717) is 12.6 Å². The summed E-state index contributed by atoms with van der Waals surface area (Å²) in [6.45, 7) is 4.13. The van der Waals surface area contributed by atoms with Gasteiger partial charge >= 0.3 is 0 Å². The van der Waals surface area contributed by atoms with E-state index in [1.54, 1.807) is 12.1 Å². The Bertz CT molecular complexity index is 440. The monoisotopic (exact) mass is 264 g/mol. The fourth-order valence-electron chi connectivity index (χ4n) is 2.42. The van der Waals surface area contributed by atoms with Crippen LogP contribution in [0.5, 0.6) is 0 Å². The molecule has 0 saturated carbocycles. The number of benzene rings is 1. The van der Waals surface area contributed by atoms with Crippen LogP contribution in [0.2, 0.25) is 0 Å². The lowest BCUT2D eigenvalue weighted by Gasteiger charge is -2.16. The molecule has 104 valence electrons. The number of hydrogen-bond acceptors (Lipinski definition) is 4. The Morgan fingerprint density at radius 3 is 3.05 bits per heavy atom. The molecule has 1 aliphatic heterocycles. The highest BCUT2D eigenvalue weighted by Gasteiger charge is 2.15. The van der Waals surface area contributed by atoms with E-state index in [4.69, 9.17) is 4.74 Å². The molecule has 0 radical (unpaired) electrons.